The third kappa shape index (κ3) is 4.53. The highest BCUT2D eigenvalue weighted by Gasteiger charge is 2.17. The second-order valence-electron chi connectivity index (χ2n) is 4.75. The highest BCUT2D eigenvalue weighted by atomic mass is 16.2. The number of nitrogens with one attached hydrogen (secondary N) is 1. The number of carbonyl (C=O) groups excluding carboxylic acids is 1. The third-order valence-electron chi connectivity index (χ3n) is 2.63. The Hall–Kier alpha value is -1.42. The number of amides is 1. The summed E-state index contributed by atoms with van der Waals surface area (Å²) < 4.78 is 0. The van der Waals surface area contributed by atoms with Crippen LogP contribution in [-0.2, 0) is 4.79 Å². The van der Waals surface area contributed by atoms with E-state index in [0.717, 1.165) is 5.56 Å². The molecule has 0 aliphatic heterocycles. The molecule has 1 heterocycles. The van der Waals surface area contributed by atoms with Crippen LogP contribution in [0.25, 0.3) is 0 Å². The molecule has 0 bridgehead atoms. The summed E-state index contributed by atoms with van der Waals surface area (Å²) in [6, 6.07) is 3.31. The molecule has 0 radical (unpaired) electrons. The van der Waals surface area contributed by atoms with E-state index in [1.54, 1.807) is 12.4 Å². The highest BCUT2D eigenvalue weighted by Crippen LogP contribution is 2.11. The highest BCUT2D eigenvalue weighted by molar-refractivity contribution is 5.81. The monoisotopic (exact) mass is 235 g/mol. The van der Waals surface area contributed by atoms with Gasteiger partial charge in [-0.05, 0) is 37.0 Å². The Morgan fingerprint density at radius 1 is 1.35 bits per heavy atom. The summed E-state index contributed by atoms with van der Waals surface area (Å²) in [7, 11) is 0. The molecule has 94 valence electrons. The number of aromatic nitrogens is 1. The Morgan fingerprint density at radius 2 is 1.94 bits per heavy atom. The van der Waals surface area contributed by atoms with E-state index in [1.807, 2.05) is 19.1 Å². The Balaban J connectivity index is 2.51. The summed E-state index contributed by atoms with van der Waals surface area (Å²) in [6.45, 7) is 6.05. The number of carbonyl (C=O) groups is 1. The van der Waals surface area contributed by atoms with Crippen molar-refractivity contribution in [3.63, 3.8) is 0 Å². The molecule has 4 nitrogen and oxygen atoms in total. The minimum absolute atomic E-state index is 0.0382. The van der Waals surface area contributed by atoms with Gasteiger partial charge in [-0.25, -0.2) is 0 Å². The summed E-state index contributed by atoms with van der Waals surface area (Å²) in [6.07, 6.45) is 4.13. The Kier molecular flexibility index (Phi) is 5.10. The maximum atomic E-state index is 11.8. The standard InChI is InChI=1S/C13H21N3O/c1-9(2)8-12(14)13(17)16-10(3)11-4-6-15-7-5-11/h4-7,9-10,12H,8,14H2,1-3H3,(H,16,17)/t10-,12?/m1/s1. The average Bonchev–Trinajstić information content (AvgIpc) is 2.29. The Morgan fingerprint density at radius 3 is 2.47 bits per heavy atom. The molecule has 0 saturated carbocycles. The van der Waals surface area contributed by atoms with Crippen molar-refractivity contribution >= 4 is 5.91 Å². The zero-order valence-electron chi connectivity index (χ0n) is 10.7. The summed E-state index contributed by atoms with van der Waals surface area (Å²) >= 11 is 0. The fourth-order valence-electron chi connectivity index (χ4n) is 1.67. The number of hydrogen-bond acceptors (Lipinski definition) is 3. The first-order chi connectivity index (χ1) is 8.00. The summed E-state index contributed by atoms with van der Waals surface area (Å²) in [4.78, 5) is 15.8. The number of pyridine rings is 1. The number of nitrogens with zero attached hydrogens (tertiary/aromatic N) is 1. The van der Waals surface area contributed by atoms with Crippen LogP contribution in [0.4, 0.5) is 0 Å². The number of rotatable bonds is 5. The van der Waals surface area contributed by atoms with Gasteiger partial charge in [0.05, 0.1) is 12.1 Å². The number of nitrogens with two attached hydrogens (primary N) is 1. The van der Waals surface area contributed by atoms with Crippen LogP contribution in [0, 0.1) is 5.92 Å². The average molecular weight is 235 g/mol. The molecular formula is C13H21N3O. The van der Waals surface area contributed by atoms with Gasteiger partial charge < -0.3 is 11.1 Å². The van der Waals surface area contributed by atoms with E-state index in [1.165, 1.54) is 0 Å². The fourth-order valence-corrected chi connectivity index (χ4v) is 1.67. The summed E-state index contributed by atoms with van der Waals surface area (Å²) in [5.74, 6) is 0.329. The van der Waals surface area contributed by atoms with Crippen LogP contribution < -0.4 is 11.1 Å². The maximum absolute atomic E-state index is 11.8. The van der Waals surface area contributed by atoms with Crippen molar-refractivity contribution < 1.29 is 4.79 Å². The first kappa shape index (κ1) is 13.6. The second-order valence-corrected chi connectivity index (χ2v) is 4.75. The third-order valence-corrected chi connectivity index (χ3v) is 2.63. The number of hydrogen-bond donors (Lipinski definition) is 2. The van der Waals surface area contributed by atoms with Gasteiger partial charge in [0, 0.05) is 12.4 Å². The van der Waals surface area contributed by atoms with Crippen molar-refractivity contribution in [3.05, 3.63) is 30.1 Å². The summed E-state index contributed by atoms with van der Waals surface area (Å²) in [5, 5.41) is 2.91. The van der Waals surface area contributed by atoms with E-state index in [0.29, 0.717) is 12.3 Å². The zero-order chi connectivity index (χ0) is 12.8. The van der Waals surface area contributed by atoms with Crippen LogP contribution >= 0.6 is 0 Å². The van der Waals surface area contributed by atoms with Gasteiger partial charge in [0.25, 0.3) is 0 Å². The van der Waals surface area contributed by atoms with Gasteiger partial charge in [-0.3, -0.25) is 9.78 Å². The van der Waals surface area contributed by atoms with Crippen LogP contribution in [0.1, 0.15) is 38.8 Å². The van der Waals surface area contributed by atoms with Crippen LogP contribution in [0.2, 0.25) is 0 Å². The molecule has 0 spiro atoms. The van der Waals surface area contributed by atoms with E-state index < -0.39 is 6.04 Å². The molecule has 1 amide bonds. The molecule has 1 aromatic rings. The molecule has 0 fully saturated rings. The molecule has 0 saturated heterocycles. The first-order valence-corrected chi connectivity index (χ1v) is 5.96. The van der Waals surface area contributed by atoms with Crippen molar-refractivity contribution in [3.8, 4) is 0 Å². The van der Waals surface area contributed by atoms with Crippen LogP contribution in [0.15, 0.2) is 24.5 Å². The lowest BCUT2D eigenvalue weighted by Crippen LogP contribution is -2.42. The lowest BCUT2D eigenvalue weighted by Gasteiger charge is -2.18. The van der Waals surface area contributed by atoms with E-state index in [2.05, 4.69) is 24.1 Å². The van der Waals surface area contributed by atoms with E-state index in [4.69, 9.17) is 5.73 Å². The molecule has 1 rings (SSSR count). The molecule has 17 heavy (non-hydrogen) atoms. The van der Waals surface area contributed by atoms with Crippen LogP contribution in [-0.4, -0.2) is 16.9 Å². The maximum Gasteiger partial charge on any atom is 0.237 e. The molecule has 4 heteroatoms. The minimum Gasteiger partial charge on any atom is -0.348 e. The van der Waals surface area contributed by atoms with Gasteiger partial charge in [0.2, 0.25) is 5.91 Å². The molecule has 0 aromatic carbocycles. The van der Waals surface area contributed by atoms with E-state index in [-0.39, 0.29) is 11.9 Å². The van der Waals surface area contributed by atoms with Gasteiger partial charge in [-0.1, -0.05) is 13.8 Å². The zero-order valence-corrected chi connectivity index (χ0v) is 10.7. The van der Waals surface area contributed by atoms with Gasteiger partial charge >= 0.3 is 0 Å². The molecule has 0 aliphatic carbocycles. The smallest absolute Gasteiger partial charge is 0.237 e. The lowest BCUT2D eigenvalue weighted by molar-refractivity contribution is -0.123. The lowest BCUT2D eigenvalue weighted by atomic mass is 10.0. The van der Waals surface area contributed by atoms with Gasteiger partial charge in [0.15, 0.2) is 0 Å². The van der Waals surface area contributed by atoms with Crippen molar-refractivity contribution in [2.45, 2.75) is 39.3 Å². The molecule has 0 aliphatic rings. The molecule has 1 unspecified atom stereocenters. The van der Waals surface area contributed by atoms with Gasteiger partial charge in [-0.2, -0.15) is 0 Å². The van der Waals surface area contributed by atoms with Gasteiger partial charge in [0.1, 0.15) is 0 Å². The van der Waals surface area contributed by atoms with Gasteiger partial charge in [-0.15, -0.1) is 0 Å². The van der Waals surface area contributed by atoms with E-state index >= 15 is 0 Å². The molecular weight excluding hydrogens is 214 g/mol. The topological polar surface area (TPSA) is 68.0 Å². The van der Waals surface area contributed by atoms with Crippen LogP contribution in [0.3, 0.4) is 0 Å². The van der Waals surface area contributed by atoms with Crippen molar-refractivity contribution in [2.75, 3.05) is 0 Å². The molecule has 2 atom stereocenters. The predicted molar refractivity (Wildman–Crippen MR) is 68.2 cm³/mol. The largest absolute Gasteiger partial charge is 0.348 e. The van der Waals surface area contributed by atoms with Crippen LogP contribution in [0.5, 0.6) is 0 Å². The SMILES string of the molecule is CC(C)CC(N)C(=O)N[C@H](C)c1ccncc1. The predicted octanol–water partition coefficient (Wildman–Crippen LogP) is 1.63. The van der Waals surface area contributed by atoms with Crippen molar-refractivity contribution in [1.82, 2.24) is 10.3 Å². The second kappa shape index (κ2) is 6.35. The summed E-state index contributed by atoms with van der Waals surface area (Å²) in [5.41, 5.74) is 6.85. The van der Waals surface area contributed by atoms with E-state index in [9.17, 15) is 4.79 Å². The van der Waals surface area contributed by atoms with Crippen molar-refractivity contribution in [2.24, 2.45) is 11.7 Å². The Labute approximate surface area is 103 Å². The fraction of sp³-hybridized carbons (Fsp3) is 0.538. The van der Waals surface area contributed by atoms with Crippen molar-refractivity contribution in [1.29, 1.82) is 0 Å². The molecule has 3 N–H and O–H groups in total. The molecule has 1 aromatic heterocycles. The first-order valence-electron chi connectivity index (χ1n) is 5.96. The quantitative estimate of drug-likeness (QED) is 0.815. The minimum atomic E-state index is -0.431. The normalized spacial score (nSPS) is 14.4. The Bertz CT molecular complexity index is 351.